The van der Waals surface area contributed by atoms with Crippen LogP contribution in [0.5, 0.6) is 0 Å². The van der Waals surface area contributed by atoms with Crippen molar-refractivity contribution in [2.75, 3.05) is 6.61 Å². The second-order valence-corrected chi connectivity index (χ2v) is 5.05. The number of hydrogen-bond acceptors (Lipinski definition) is 3. The van der Waals surface area contributed by atoms with Crippen molar-refractivity contribution in [2.45, 2.75) is 31.4 Å². The number of ether oxygens (including phenoxy) is 1. The zero-order valence-electron chi connectivity index (χ0n) is 10.3. The summed E-state index contributed by atoms with van der Waals surface area (Å²) in [6.45, 7) is 2.70. The number of para-hydroxylation sites is 1. The number of rotatable bonds is 2. The molecule has 0 spiro atoms. The van der Waals surface area contributed by atoms with Gasteiger partial charge >= 0.3 is 0 Å². The van der Waals surface area contributed by atoms with E-state index in [1.54, 1.807) is 12.1 Å². The molecule has 2 unspecified atom stereocenters. The Bertz CT molecular complexity index is 572. The number of nitrogens with two attached hydrogens (primary N) is 1. The molecule has 1 aliphatic heterocycles. The molecule has 2 heterocycles. The minimum atomic E-state index is -0.412. The van der Waals surface area contributed by atoms with E-state index in [0.29, 0.717) is 5.76 Å². The molecule has 0 aliphatic carbocycles. The second kappa shape index (κ2) is 4.07. The van der Waals surface area contributed by atoms with Crippen LogP contribution >= 0.6 is 0 Å². The van der Waals surface area contributed by atoms with Crippen molar-refractivity contribution >= 4 is 11.0 Å². The van der Waals surface area contributed by atoms with E-state index < -0.39 is 5.60 Å². The van der Waals surface area contributed by atoms with Gasteiger partial charge in [-0.15, -0.1) is 0 Å². The largest absolute Gasteiger partial charge is 0.456 e. The summed E-state index contributed by atoms with van der Waals surface area (Å²) in [5.74, 6) is 0.225. The first-order valence-electron chi connectivity index (χ1n) is 6.18. The van der Waals surface area contributed by atoms with Gasteiger partial charge in [-0.1, -0.05) is 12.1 Å². The van der Waals surface area contributed by atoms with E-state index in [-0.39, 0.29) is 17.4 Å². The van der Waals surface area contributed by atoms with Crippen LogP contribution in [0.3, 0.4) is 0 Å². The molecular formula is C14H16FNO2. The Morgan fingerprint density at radius 2 is 2.28 bits per heavy atom. The zero-order chi connectivity index (χ0) is 12.8. The highest BCUT2D eigenvalue weighted by Gasteiger charge is 2.38. The van der Waals surface area contributed by atoms with Gasteiger partial charge in [0, 0.05) is 12.0 Å². The topological polar surface area (TPSA) is 48.4 Å². The molecule has 4 heteroatoms. The van der Waals surface area contributed by atoms with Crippen LogP contribution in [0.25, 0.3) is 11.0 Å². The van der Waals surface area contributed by atoms with Crippen LogP contribution in [0.15, 0.2) is 28.7 Å². The van der Waals surface area contributed by atoms with Crippen LogP contribution in [0, 0.1) is 5.82 Å². The van der Waals surface area contributed by atoms with Crippen molar-refractivity contribution in [2.24, 2.45) is 5.73 Å². The van der Waals surface area contributed by atoms with E-state index in [4.69, 9.17) is 14.9 Å². The van der Waals surface area contributed by atoms with E-state index in [9.17, 15) is 4.39 Å². The lowest BCUT2D eigenvalue weighted by atomic mass is 9.92. The van der Waals surface area contributed by atoms with Gasteiger partial charge in [0.2, 0.25) is 0 Å². The predicted molar refractivity (Wildman–Crippen MR) is 66.7 cm³/mol. The van der Waals surface area contributed by atoms with Crippen molar-refractivity contribution in [3.63, 3.8) is 0 Å². The Hall–Kier alpha value is -1.39. The van der Waals surface area contributed by atoms with Crippen molar-refractivity contribution < 1.29 is 13.5 Å². The van der Waals surface area contributed by atoms with E-state index in [0.717, 1.165) is 24.8 Å². The van der Waals surface area contributed by atoms with Crippen molar-refractivity contribution in [3.8, 4) is 0 Å². The summed E-state index contributed by atoms with van der Waals surface area (Å²) in [7, 11) is 0. The number of furan rings is 1. The maximum Gasteiger partial charge on any atom is 0.169 e. The molecule has 2 aromatic rings. The Balaban J connectivity index is 2.01. The molecule has 1 saturated heterocycles. The summed E-state index contributed by atoms with van der Waals surface area (Å²) in [5.41, 5.74) is 6.06. The van der Waals surface area contributed by atoms with Crippen molar-refractivity contribution in [1.82, 2.24) is 0 Å². The van der Waals surface area contributed by atoms with Gasteiger partial charge in [-0.05, 0) is 31.9 Å². The van der Waals surface area contributed by atoms with Crippen molar-refractivity contribution in [1.29, 1.82) is 0 Å². The third kappa shape index (κ3) is 1.72. The maximum atomic E-state index is 13.6. The molecule has 0 saturated carbocycles. The lowest BCUT2D eigenvalue weighted by Gasteiger charge is -2.28. The first-order valence-corrected chi connectivity index (χ1v) is 6.18. The third-order valence-electron chi connectivity index (χ3n) is 3.73. The molecule has 2 N–H and O–H groups in total. The molecular weight excluding hydrogens is 233 g/mol. The Morgan fingerprint density at radius 3 is 2.94 bits per heavy atom. The molecule has 3 rings (SSSR count). The van der Waals surface area contributed by atoms with Crippen LogP contribution in [0.2, 0.25) is 0 Å². The summed E-state index contributed by atoms with van der Waals surface area (Å²) >= 11 is 0. The second-order valence-electron chi connectivity index (χ2n) is 5.05. The Kier molecular flexibility index (Phi) is 2.64. The van der Waals surface area contributed by atoms with Gasteiger partial charge in [0.05, 0.1) is 11.6 Å². The number of benzene rings is 1. The lowest BCUT2D eigenvalue weighted by molar-refractivity contribution is -0.00652. The average molecular weight is 249 g/mol. The van der Waals surface area contributed by atoms with Gasteiger partial charge in [-0.25, -0.2) is 4.39 Å². The molecule has 1 aromatic heterocycles. The first-order chi connectivity index (χ1) is 8.60. The standard InChI is InChI=1S/C14H16FNO2/c1-14(6-3-7-17-14)13(16)11-8-9-4-2-5-10(15)12(9)18-11/h2,4-5,8,13H,3,6-7,16H2,1H3. The molecule has 18 heavy (non-hydrogen) atoms. The molecule has 0 amide bonds. The highest BCUT2D eigenvalue weighted by Crippen LogP contribution is 2.37. The van der Waals surface area contributed by atoms with Gasteiger partial charge < -0.3 is 14.9 Å². The highest BCUT2D eigenvalue weighted by molar-refractivity contribution is 5.78. The smallest absolute Gasteiger partial charge is 0.169 e. The van der Waals surface area contributed by atoms with Gasteiger partial charge in [0.25, 0.3) is 0 Å². The quantitative estimate of drug-likeness (QED) is 0.889. The Morgan fingerprint density at radius 1 is 1.44 bits per heavy atom. The van der Waals surface area contributed by atoms with Gasteiger partial charge in [0.15, 0.2) is 11.4 Å². The predicted octanol–water partition coefficient (Wildman–Crippen LogP) is 3.14. The number of fused-ring (bicyclic) bond motifs is 1. The summed E-state index contributed by atoms with van der Waals surface area (Å²) in [6, 6.07) is 6.30. The summed E-state index contributed by atoms with van der Waals surface area (Å²) in [6.07, 6.45) is 1.90. The molecule has 2 atom stereocenters. The summed E-state index contributed by atoms with van der Waals surface area (Å²) in [4.78, 5) is 0. The van der Waals surface area contributed by atoms with Crippen LogP contribution in [0.1, 0.15) is 31.6 Å². The van der Waals surface area contributed by atoms with Crippen LogP contribution in [0.4, 0.5) is 4.39 Å². The number of hydrogen-bond donors (Lipinski definition) is 1. The summed E-state index contributed by atoms with van der Waals surface area (Å²) in [5, 5.41) is 0.738. The third-order valence-corrected chi connectivity index (χ3v) is 3.73. The molecule has 96 valence electrons. The monoisotopic (exact) mass is 249 g/mol. The zero-order valence-corrected chi connectivity index (χ0v) is 10.3. The molecule has 3 nitrogen and oxygen atoms in total. The highest BCUT2D eigenvalue weighted by atomic mass is 19.1. The maximum absolute atomic E-state index is 13.6. The molecule has 1 aliphatic rings. The molecule has 0 bridgehead atoms. The van der Waals surface area contributed by atoms with Crippen LogP contribution < -0.4 is 5.73 Å². The molecule has 1 aromatic carbocycles. The normalized spacial score (nSPS) is 25.7. The van der Waals surface area contributed by atoms with Gasteiger partial charge in [0.1, 0.15) is 5.76 Å². The van der Waals surface area contributed by atoms with Crippen LogP contribution in [-0.2, 0) is 4.74 Å². The minimum absolute atomic E-state index is 0.268. The van der Waals surface area contributed by atoms with Gasteiger partial charge in [-0.2, -0.15) is 0 Å². The lowest BCUT2D eigenvalue weighted by Crippen LogP contribution is -2.37. The minimum Gasteiger partial charge on any atom is -0.456 e. The van der Waals surface area contributed by atoms with Crippen LogP contribution in [-0.4, -0.2) is 12.2 Å². The molecule has 1 fully saturated rings. The van der Waals surface area contributed by atoms with Crippen molar-refractivity contribution in [3.05, 3.63) is 35.8 Å². The Labute approximate surface area is 105 Å². The van der Waals surface area contributed by atoms with E-state index in [2.05, 4.69) is 0 Å². The van der Waals surface area contributed by atoms with E-state index in [1.165, 1.54) is 6.07 Å². The fourth-order valence-corrected chi connectivity index (χ4v) is 2.55. The van der Waals surface area contributed by atoms with Gasteiger partial charge in [-0.3, -0.25) is 0 Å². The summed E-state index contributed by atoms with van der Waals surface area (Å²) < 4.78 is 24.8. The average Bonchev–Trinajstić information content (AvgIpc) is 2.96. The van der Waals surface area contributed by atoms with E-state index in [1.807, 2.05) is 13.0 Å². The SMILES string of the molecule is CC1(C(N)c2cc3cccc(F)c3o2)CCCO1. The van der Waals surface area contributed by atoms with E-state index >= 15 is 0 Å². The first kappa shape index (κ1) is 11.7. The fraction of sp³-hybridized carbons (Fsp3) is 0.429. The molecule has 0 radical (unpaired) electrons. The number of halogens is 1. The fourth-order valence-electron chi connectivity index (χ4n) is 2.55.